The van der Waals surface area contributed by atoms with Gasteiger partial charge in [-0.3, -0.25) is 4.79 Å². The van der Waals surface area contributed by atoms with Crippen molar-refractivity contribution in [2.75, 3.05) is 0 Å². The number of benzene rings is 2. The summed E-state index contributed by atoms with van der Waals surface area (Å²) in [5.74, 6) is -1.42. The van der Waals surface area contributed by atoms with E-state index in [0.29, 0.717) is 16.6 Å². The second-order valence-electron chi connectivity index (χ2n) is 5.77. The zero-order chi connectivity index (χ0) is 18.9. The predicted molar refractivity (Wildman–Crippen MR) is 89.7 cm³/mol. The van der Waals surface area contributed by atoms with Crippen molar-refractivity contribution in [3.05, 3.63) is 54.2 Å². The number of hydrogen-bond acceptors (Lipinski definition) is 3. The van der Waals surface area contributed by atoms with Gasteiger partial charge in [0.25, 0.3) is 0 Å². The zero-order valence-electron chi connectivity index (χ0n) is 13.4. The summed E-state index contributed by atoms with van der Waals surface area (Å²) in [6, 6.07) is 9.93. The summed E-state index contributed by atoms with van der Waals surface area (Å²) in [6.07, 6.45) is -2.97. The number of carboxylic acids is 1. The Morgan fingerprint density at radius 1 is 1.23 bits per heavy atom. The molecule has 0 aliphatic carbocycles. The molecule has 1 aromatic heterocycles. The lowest BCUT2D eigenvalue weighted by atomic mass is 10.00. The number of aromatic amines is 1. The van der Waals surface area contributed by atoms with Gasteiger partial charge in [0, 0.05) is 23.6 Å². The van der Waals surface area contributed by atoms with E-state index in [-0.39, 0.29) is 12.2 Å². The molecule has 0 spiro atoms. The van der Waals surface area contributed by atoms with E-state index in [1.807, 2.05) is 0 Å². The molecule has 5 nitrogen and oxygen atoms in total. The number of nitrogens with two attached hydrogens (primary N) is 1. The van der Waals surface area contributed by atoms with Crippen LogP contribution in [-0.2, 0) is 11.2 Å². The third-order valence-electron chi connectivity index (χ3n) is 3.94. The number of carboxylic acid groups (broad SMARTS) is 1. The van der Waals surface area contributed by atoms with Gasteiger partial charge in [-0.1, -0.05) is 30.3 Å². The first-order valence-electron chi connectivity index (χ1n) is 7.68. The lowest BCUT2D eigenvalue weighted by Crippen LogP contribution is -2.32. The number of nitrogens with one attached hydrogen (secondary N) is 1. The monoisotopic (exact) mass is 364 g/mol. The first-order chi connectivity index (χ1) is 12.2. The molecule has 0 amide bonds. The highest BCUT2D eigenvalue weighted by molar-refractivity contribution is 5.96. The van der Waals surface area contributed by atoms with Crippen LogP contribution in [0, 0.1) is 0 Å². The van der Waals surface area contributed by atoms with Gasteiger partial charge in [0.2, 0.25) is 0 Å². The molecule has 0 aliphatic heterocycles. The number of rotatable bonds is 5. The molecule has 0 aliphatic rings. The van der Waals surface area contributed by atoms with Crippen molar-refractivity contribution < 1.29 is 27.8 Å². The molecule has 3 rings (SSSR count). The molecular weight excluding hydrogens is 349 g/mol. The third kappa shape index (κ3) is 3.80. The molecule has 0 radical (unpaired) electrons. The molecule has 26 heavy (non-hydrogen) atoms. The number of alkyl halides is 3. The Hall–Kier alpha value is -3.00. The van der Waals surface area contributed by atoms with Gasteiger partial charge in [0.05, 0.1) is 5.52 Å². The number of H-pyrrole nitrogens is 1. The minimum absolute atomic E-state index is 0.135. The highest BCUT2D eigenvalue weighted by Gasteiger charge is 2.31. The maximum Gasteiger partial charge on any atom is 0.573 e. The Labute approximate surface area is 146 Å². The molecule has 0 saturated carbocycles. The summed E-state index contributed by atoms with van der Waals surface area (Å²) in [5.41, 5.74) is 8.20. The lowest BCUT2D eigenvalue weighted by Gasteiger charge is -2.11. The average Bonchev–Trinajstić information content (AvgIpc) is 2.96. The minimum atomic E-state index is -4.77. The van der Waals surface area contributed by atoms with Crippen LogP contribution in [0.2, 0.25) is 0 Å². The molecule has 0 bridgehead atoms. The molecule has 136 valence electrons. The number of aromatic nitrogens is 1. The number of ether oxygens (including phenoxy) is 1. The Morgan fingerprint density at radius 2 is 1.96 bits per heavy atom. The quantitative estimate of drug-likeness (QED) is 0.644. The molecule has 4 N–H and O–H groups in total. The maximum absolute atomic E-state index is 12.4. The minimum Gasteiger partial charge on any atom is -0.480 e. The second-order valence-corrected chi connectivity index (χ2v) is 5.77. The molecule has 2 aromatic carbocycles. The van der Waals surface area contributed by atoms with Crippen LogP contribution < -0.4 is 10.5 Å². The van der Waals surface area contributed by atoms with E-state index < -0.39 is 18.4 Å². The lowest BCUT2D eigenvalue weighted by molar-refractivity contribution is -0.274. The van der Waals surface area contributed by atoms with Crippen LogP contribution in [0.15, 0.2) is 48.7 Å². The van der Waals surface area contributed by atoms with Crippen LogP contribution in [0.5, 0.6) is 5.75 Å². The van der Waals surface area contributed by atoms with Gasteiger partial charge < -0.3 is 20.6 Å². The first kappa shape index (κ1) is 17.8. The smallest absolute Gasteiger partial charge is 0.480 e. The van der Waals surface area contributed by atoms with Gasteiger partial charge in [0.1, 0.15) is 11.8 Å². The van der Waals surface area contributed by atoms with E-state index in [9.17, 15) is 18.0 Å². The summed E-state index contributed by atoms with van der Waals surface area (Å²) < 4.78 is 41.3. The van der Waals surface area contributed by atoms with Gasteiger partial charge in [-0.15, -0.1) is 13.2 Å². The highest BCUT2D eigenvalue weighted by Crippen LogP contribution is 2.33. The maximum atomic E-state index is 12.4. The number of hydrogen-bond donors (Lipinski definition) is 3. The summed E-state index contributed by atoms with van der Waals surface area (Å²) >= 11 is 0. The van der Waals surface area contributed by atoms with E-state index in [0.717, 1.165) is 10.9 Å². The van der Waals surface area contributed by atoms with Crippen molar-refractivity contribution in [1.29, 1.82) is 0 Å². The number of halogens is 3. The first-order valence-corrected chi connectivity index (χ1v) is 7.68. The molecule has 0 saturated heterocycles. The molecule has 1 heterocycles. The molecule has 1 atom stereocenters. The van der Waals surface area contributed by atoms with Crippen molar-refractivity contribution in [2.45, 2.75) is 18.8 Å². The number of fused-ring (bicyclic) bond motifs is 1. The Bertz CT molecular complexity index is 950. The van der Waals surface area contributed by atoms with Crippen molar-refractivity contribution in [3.63, 3.8) is 0 Å². The molecule has 3 aromatic rings. The average molecular weight is 364 g/mol. The topological polar surface area (TPSA) is 88.3 Å². The van der Waals surface area contributed by atoms with E-state index in [4.69, 9.17) is 10.8 Å². The predicted octanol–water partition coefficient (Wildman–Crippen LogP) is 3.69. The summed E-state index contributed by atoms with van der Waals surface area (Å²) in [5, 5.41) is 9.73. The molecule has 8 heteroatoms. The number of para-hydroxylation sites is 1. The molecule has 0 unspecified atom stereocenters. The Balaban J connectivity index is 2.00. The van der Waals surface area contributed by atoms with Gasteiger partial charge in [-0.25, -0.2) is 0 Å². The van der Waals surface area contributed by atoms with Gasteiger partial charge in [-0.2, -0.15) is 0 Å². The van der Waals surface area contributed by atoms with Crippen LogP contribution in [0.25, 0.3) is 22.0 Å². The van der Waals surface area contributed by atoms with Crippen LogP contribution >= 0.6 is 0 Å². The largest absolute Gasteiger partial charge is 0.573 e. The number of aliphatic carboxylic acids is 1. The van der Waals surface area contributed by atoms with Crippen molar-refractivity contribution in [1.82, 2.24) is 4.98 Å². The SMILES string of the molecule is N[C@@H](Cc1c[nH]c2c(-c3cccc(OC(F)(F)F)c3)cccc12)C(=O)O. The van der Waals surface area contributed by atoms with Crippen molar-refractivity contribution >= 4 is 16.9 Å². The van der Waals surface area contributed by atoms with Gasteiger partial charge in [-0.05, 0) is 23.3 Å². The number of carbonyl (C=O) groups is 1. The van der Waals surface area contributed by atoms with Crippen LogP contribution in [0.1, 0.15) is 5.56 Å². The van der Waals surface area contributed by atoms with Gasteiger partial charge >= 0.3 is 12.3 Å². The Kier molecular flexibility index (Phi) is 4.60. The fraction of sp³-hybridized carbons (Fsp3) is 0.167. The highest BCUT2D eigenvalue weighted by atomic mass is 19.4. The van der Waals surface area contributed by atoms with E-state index >= 15 is 0 Å². The second kappa shape index (κ2) is 6.72. The molecular formula is C18H15F3N2O3. The summed E-state index contributed by atoms with van der Waals surface area (Å²) in [4.78, 5) is 14.0. The summed E-state index contributed by atoms with van der Waals surface area (Å²) in [6.45, 7) is 0. The van der Waals surface area contributed by atoms with Crippen molar-refractivity contribution in [3.8, 4) is 16.9 Å². The van der Waals surface area contributed by atoms with E-state index in [1.165, 1.54) is 18.2 Å². The Morgan fingerprint density at radius 3 is 2.65 bits per heavy atom. The zero-order valence-corrected chi connectivity index (χ0v) is 13.4. The van der Waals surface area contributed by atoms with Crippen molar-refractivity contribution in [2.24, 2.45) is 5.73 Å². The normalized spacial score (nSPS) is 12.9. The fourth-order valence-corrected chi connectivity index (χ4v) is 2.81. The van der Waals surface area contributed by atoms with E-state index in [2.05, 4.69) is 9.72 Å². The van der Waals surface area contributed by atoms with Gasteiger partial charge in [0.15, 0.2) is 0 Å². The fourth-order valence-electron chi connectivity index (χ4n) is 2.81. The van der Waals surface area contributed by atoms with Crippen LogP contribution in [0.4, 0.5) is 13.2 Å². The summed E-state index contributed by atoms with van der Waals surface area (Å²) in [7, 11) is 0. The standard InChI is InChI=1S/C18H15F3N2O3/c19-18(20,21)26-12-4-1-3-10(7-12)13-5-2-6-14-11(9-23-16(13)14)8-15(22)17(24)25/h1-7,9,15,23H,8,22H2,(H,24,25)/t15-/m0/s1. The van der Waals surface area contributed by atoms with Crippen LogP contribution in [-0.4, -0.2) is 28.5 Å². The van der Waals surface area contributed by atoms with E-state index in [1.54, 1.807) is 30.5 Å². The van der Waals surface area contributed by atoms with Crippen LogP contribution in [0.3, 0.4) is 0 Å². The third-order valence-corrected chi connectivity index (χ3v) is 3.94. The molecule has 0 fully saturated rings.